The fourth-order valence-corrected chi connectivity index (χ4v) is 3.38. The fourth-order valence-electron chi connectivity index (χ4n) is 2.66. The number of fused-ring (bicyclic) bond motifs is 1. The first-order valence-corrected chi connectivity index (χ1v) is 9.26. The van der Waals surface area contributed by atoms with Gasteiger partial charge in [0.2, 0.25) is 0 Å². The maximum Gasteiger partial charge on any atom is 0.307 e. The van der Waals surface area contributed by atoms with E-state index < -0.39 is 0 Å². The zero-order valence-corrected chi connectivity index (χ0v) is 15.1. The molecule has 0 spiro atoms. The Morgan fingerprint density at radius 3 is 2.89 bits per heavy atom. The smallest absolute Gasteiger partial charge is 0.307 e. The lowest BCUT2D eigenvalue weighted by atomic mass is 10.3. The van der Waals surface area contributed by atoms with Gasteiger partial charge in [-0.15, -0.1) is 11.3 Å². The number of para-hydroxylation sites is 1. The van der Waals surface area contributed by atoms with E-state index in [4.69, 9.17) is 4.74 Å². The number of thiophene rings is 1. The third kappa shape index (κ3) is 3.80. The van der Waals surface area contributed by atoms with Crippen LogP contribution in [0.25, 0.3) is 15.9 Å². The molecule has 0 amide bonds. The summed E-state index contributed by atoms with van der Waals surface area (Å²) in [6.07, 6.45) is 5.06. The Labute approximate surface area is 158 Å². The number of benzene rings is 1. The Balaban J connectivity index is 1.33. The number of carbonyl (C=O) groups excluding carboxylic acids is 1. The Kier molecular flexibility index (Phi) is 4.80. The first kappa shape index (κ1) is 17.2. The van der Waals surface area contributed by atoms with Crippen molar-refractivity contribution in [2.75, 3.05) is 0 Å². The van der Waals surface area contributed by atoms with Gasteiger partial charge in [-0.2, -0.15) is 5.10 Å². The predicted octanol–water partition coefficient (Wildman–Crippen LogP) is 2.78. The minimum Gasteiger partial charge on any atom is -0.461 e. The van der Waals surface area contributed by atoms with Crippen molar-refractivity contribution in [2.45, 2.75) is 19.6 Å². The molecule has 0 aliphatic rings. The quantitative estimate of drug-likeness (QED) is 0.481. The minimum absolute atomic E-state index is 0.101. The van der Waals surface area contributed by atoms with E-state index in [-0.39, 0.29) is 31.1 Å². The summed E-state index contributed by atoms with van der Waals surface area (Å²) in [6, 6.07) is 11.4. The molecule has 0 aliphatic carbocycles. The van der Waals surface area contributed by atoms with E-state index in [0.717, 1.165) is 11.3 Å². The number of aryl methyl sites for hydroxylation is 1. The van der Waals surface area contributed by atoms with Gasteiger partial charge in [0.05, 0.1) is 30.0 Å². The lowest BCUT2D eigenvalue weighted by molar-refractivity contribution is -0.145. The van der Waals surface area contributed by atoms with Crippen LogP contribution in [0.3, 0.4) is 0 Å². The zero-order chi connectivity index (χ0) is 18.6. The van der Waals surface area contributed by atoms with Crippen molar-refractivity contribution < 1.29 is 9.53 Å². The molecule has 0 fully saturated rings. The summed E-state index contributed by atoms with van der Waals surface area (Å²) in [5.74, 6) is -0.375. The second-order valence-electron chi connectivity index (χ2n) is 5.92. The Morgan fingerprint density at radius 1 is 1.19 bits per heavy atom. The number of rotatable bonds is 6. The van der Waals surface area contributed by atoms with Gasteiger partial charge in [0.15, 0.2) is 0 Å². The highest BCUT2D eigenvalue weighted by Gasteiger charge is 2.09. The molecule has 4 aromatic rings. The lowest BCUT2D eigenvalue weighted by Crippen LogP contribution is -2.21. The highest BCUT2D eigenvalue weighted by Crippen LogP contribution is 2.13. The van der Waals surface area contributed by atoms with Gasteiger partial charge in [-0.3, -0.25) is 14.2 Å². The molecule has 0 aliphatic heterocycles. The number of hydrogen-bond acceptors (Lipinski definition) is 6. The van der Waals surface area contributed by atoms with Crippen LogP contribution >= 0.6 is 11.3 Å². The molecule has 3 heterocycles. The maximum absolute atomic E-state index is 12.3. The van der Waals surface area contributed by atoms with Crippen molar-refractivity contribution in [3.63, 3.8) is 0 Å². The summed E-state index contributed by atoms with van der Waals surface area (Å²) >= 11 is 1.42. The van der Waals surface area contributed by atoms with Crippen molar-refractivity contribution in [2.24, 2.45) is 0 Å². The molecule has 3 aromatic heterocycles. The largest absolute Gasteiger partial charge is 0.461 e. The van der Waals surface area contributed by atoms with Crippen LogP contribution in [0.4, 0.5) is 0 Å². The number of aromatic nitrogens is 4. The summed E-state index contributed by atoms with van der Waals surface area (Å²) in [6.45, 7) is 0.377. The van der Waals surface area contributed by atoms with Gasteiger partial charge in [-0.25, -0.2) is 9.67 Å². The average molecular weight is 380 g/mol. The van der Waals surface area contributed by atoms with Crippen LogP contribution in [-0.4, -0.2) is 25.3 Å². The highest BCUT2D eigenvalue weighted by atomic mass is 32.1. The molecule has 0 saturated heterocycles. The van der Waals surface area contributed by atoms with Crippen molar-refractivity contribution in [3.8, 4) is 5.69 Å². The molecule has 27 heavy (non-hydrogen) atoms. The van der Waals surface area contributed by atoms with Crippen molar-refractivity contribution in [3.05, 3.63) is 76.4 Å². The molecular weight excluding hydrogens is 364 g/mol. The van der Waals surface area contributed by atoms with E-state index in [1.807, 2.05) is 41.9 Å². The van der Waals surface area contributed by atoms with Crippen molar-refractivity contribution >= 4 is 27.5 Å². The van der Waals surface area contributed by atoms with Gasteiger partial charge in [0.1, 0.15) is 11.4 Å². The van der Waals surface area contributed by atoms with Crippen LogP contribution < -0.4 is 5.56 Å². The minimum atomic E-state index is -0.375. The van der Waals surface area contributed by atoms with E-state index in [1.54, 1.807) is 16.9 Å². The molecule has 4 rings (SSSR count). The molecule has 0 atom stereocenters. The van der Waals surface area contributed by atoms with Gasteiger partial charge in [-0.1, -0.05) is 18.2 Å². The molecular formula is C19H16N4O3S. The number of esters is 1. The number of ether oxygens (including phenoxy) is 1. The van der Waals surface area contributed by atoms with Gasteiger partial charge in [0.25, 0.3) is 5.56 Å². The third-order valence-electron chi connectivity index (χ3n) is 4.06. The first-order chi connectivity index (χ1) is 13.2. The zero-order valence-electron chi connectivity index (χ0n) is 14.3. The fraction of sp³-hybridized carbons (Fsp3) is 0.158. The third-order valence-corrected chi connectivity index (χ3v) is 4.88. The van der Waals surface area contributed by atoms with E-state index in [0.29, 0.717) is 10.2 Å². The van der Waals surface area contributed by atoms with Crippen molar-refractivity contribution in [1.82, 2.24) is 19.3 Å². The summed E-state index contributed by atoms with van der Waals surface area (Å²) in [5.41, 5.74) is 1.59. The molecule has 1 aromatic carbocycles. The van der Waals surface area contributed by atoms with Crippen LogP contribution in [0.2, 0.25) is 0 Å². The van der Waals surface area contributed by atoms with E-state index in [2.05, 4.69) is 10.1 Å². The normalized spacial score (nSPS) is 11.0. The standard InChI is InChI=1S/C19H16N4O3S/c24-17(6-8-22-13-20-18-16(19(22)25)7-9-27-18)26-12-14-10-21-23(11-14)15-4-2-1-3-5-15/h1-5,7,9-11,13H,6,8,12H2. The topological polar surface area (TPSA) is 79.0 Å². The molecule has 0 N–H and O–H groups in total. The summed E-state index contributed by atoms with van der Waals surface area (Å²) in [4.78, 5) is 29.2. The summed E-state index contributed by atoms with van der Waals surface area (Å²) in [7, 11) is 0. The van der Waals surface area contributed by atoms with Crippen LogP contribution in [0.15, 0.2) is 65.3 Å². The number of carbonyl (C=O) groups is 1. The molecule has 0 saturated carbocycles. The SMILES string of the molecule is O=C(CCn1cnc2sccc2c1=O)OCc1cnn(-c2ccccc2)c1. The van der Waals surface area contributed by atoms with E-state index in [1.165, 1.54) is 22.2 Å². The second-order valence-corrected chi connectivity index (χ2v) is 6.82. The lowest BCUT2D eigenvalue weighted by Gasteiger charge is -2.06. The first-order valence-electron chi connectivity index (χ1n) is 8.38. The Hall–Kier alpha value is -3.26. The molecule has 136 valence electrons. The van der Waals surface area contributed by atoms with Crippen LogP contribution in [0.1, 0.15) is 12.0 Å². The van der Waals surface area contributed by atoms with Gasteiger partial charge < -0.3 is 4.74 Å². The molecule has 0 unspecified atom stereocenters. The van der Waals surface area contributed by atoms with Crippen molar-refractivity contribution in [1.29, 1.82) is 0 Å². The molecule has 8 heteroatoms. The van der Waals surface area contributed by atoms with Gasteiger partial charge in [-0.05, 0) is 23.6 Å². The predicted molar refractivity (Wildman–Crippen MR) is 102 cm³/mol. The van der Waals surface area contributed by atoms with Crippen LogP contribution in [-0.2, 0) is 22.7 Å². The summed E-state index contributed by atoms with van der Waals surface area (Å²) < 4.78 is 8.45. The van der Waals surface area contributed by atoms with E-state index >= 15 is 0 Å². The monoisotopic (exact) mass is 380 g/mol. The molecule has 0 bridgehead atoms. The Bertz CT molecular complexity index is 1130. The highest BCUT2D eigenvalue weighted by molar-refractivity contribution is 7.16. The number of hydrogen-bond donors (Lipinski definition) is 0. The van der Waals surface area contributed by atoms with Crippen LogP contribution in [0, 0.1) is 0 Å². The number of nitrogens with zero attached hydrogens (tertiary/aromatic N) is 4. The average Bonchev–Trinajstić information content (AvgIpc) is 3.36. The van der Waals surface area contributed by atoms with Gasteiger partial charge >= 0.3 is 5.97 Å². The molecule has 0 radical (unpaired) electrons. The van der Waals surface area contributed by atoms with Crippen LogP contribution in [0.5, 0.6) is 0 Å². The molecule has 7 nitrogen and oxygen atoms in total. The summed E-state index contributed by atoms with van der Waals surface area (Å²) in [5, 5.41) is 6.67. The maximum atomic E-state index is 12.3. The van der Waals surface area contributed by atoms with E-state index in [9.17, 15) is 9.59 Å². The van der Waals surface area contributed by atoms with Gasteiger partial charge in [0, 0.05) is 18.3 Å². The Morgan fingerprint density at radius 2 is 2.04 bits per heavy atom. The second kappa shape index (κ2) is 7.55.